The third-order valence-corrected chi connectivity index (χ3v) is 2.20. The number of fused-ring (bicyclic) bond motifs is 1. The lowest BCUT2D eigenvalue weighted by Gasteiger charge is -2.20. The van der Waals surface area contributed by atoms with Gasteiger partial charge in [-0.25, -0.2) is 0 Å². The summed E-state index contributed by atoms with van der Waals surface area (Å²) in [6.45, 7) is 2.91. The van der Waals surface area contributed by atoms with Crippen molar-refractivity contribution in [2.75, 3.05) is 5.32 Å². The van der Waals surface area contributed by atoms with Crippen LogP contribution in [0.5, 0.6) is 0 Å². The number of nitrogens with one attached hydrogen (secondary N) is 2. The second kappa shape index (κ2) is 2.75. The minimum Gasteiger partial charge on any atom is -0.358 e. The van der Waals surface area contributed by atoms with Crippen molar-refractivity contribution in [2.24, 2.45) is 0 Å². The Kier molecular flexibility index (Phi) is 1.73. The number of benzene rings is 1. The van der Waals surface area contributed by atoms with E-state index in [9.17, 15) is 0 Å². The fourth-order valence-corrected chi connectivity index (χ4v) is 1.48. The Morgan fingerprint density at radius 3 is 3.08 bits per heavy atom. The summed E-state index contributed by atoms with van der Waals surface area (Å²) in [6.07, 6.45) is 0. The molecule has 0 fully saturated rings. The molecule has 0 atom stereocenters. The second-order valence-electron chi connectivity index (χ2n) is 2.97. The number of hydrogen-bond donors (Lipinski definition) is 2. The van der Waals surface area contributed by atoms with Crippen molar-refractivity contribution in [3.63, 3.8) is 0 Å². The van der Waals surface area contributed by atoms with E-state index in [4.69, 9.17) is 12.2 Å². The van der Waals surface area contributed by atoms with Gasteiger partial charge in [0, 0.05) is 12.2 Å². The Labute approximate surface area is 77.0 Å². The molecule has 0 amide bonds. The maximum Gasteiger partial charge on any atom is 0.171 e. The molecular weight excluding hydrogens is 168 g/mol. The molecule has 2 rings (SSSR count). The molecular formula is C9H10N2S. The van der Waals surface area contributed by atoms with E-state index in [1.807, 2.05) is 0 Å². The van der Waals surface area contributed by atoms with Crippen LogP contribution in [-0.4, -0.2) is 5.11 Å². The van der Waals surface area contributed by atoms with Crippen LogP contribution in [0.1, 0.15) is 11.1 Å². The highest BCUT2D eigenvalue weighted by Gasteiger charge is 2.09. The first kappa shape index (κ1) is 7.55. The molecule has 1 aromatic carbocycles. The van der Waals surface area contributed by atoms with Crippen LogP contribution in [0.3, 0.4) is 0 Å². The largest absolute Gasteiger partial charge is 0.358 e. The van der Waals surface area contributed by atoms with Crippen LogP contribution >= 0.6 is 12.2 Å². The van der Waals surface area contributed by atoms with Gasteiger partial charge in [0.25, 0.3) is 0 Å². The molecule has 1 heterocycles. The molecule has 2 N–H and O–H groups in total. The summed E-state index contributed by atoms with van der Waals surface area (Å²) < 4.78 is 0. The Hall–Kier alpha value is -1.09. The predicted molar refractivity (Wildman–Crippen MR) is 54.2 cm³/mol. The first-order chi connectivity index (χ1) is 5.75. The van der Waals surface area contributed by atoms with E-state index in [1.165, 1.54) is 11.1 Å². The molecule has 0 aliphatic carbocycles. The van der Waals surface area contributed by atoms with Gasteiger partial charge in [0.05, 0.1) is 0 Å². The zero-order valence-corrected chi connectivity index (χ0v) is 7.66. The Bertz CT molecular complexity index is 333. The average molecular weight is 178 g/mol. The molecule has 1 aromatic rings. The van der Waals surface area contributed by atoms with E-state index in [0.29, 0.717) is 5.11 Å². The standard InChI is InChI=1S/C9H10N2S/c1-6-2-3-7-5-10-9(12)11-8(7)4-6/h2-4H,5H2,1H3,(H2,10,11,12). The molecule has 12 heavy (non-hydrogen) atoms. The van der Waals surface area contributed by atoms with E-state index < -0.39 is 0 Å². The lowest BCUT2D eigenvalue weighted by molar-refractivity contribution is 0.907. The summed E-state index contributed by atoms with van der Waals surface area (Å²) in [5.74, 6) is 0. The molecule has 1 aliphatic rings. The lowest BCUT2D eigenvalue weighted by atomic mass is 10.1. The zero-order valence-electron chi connectivity index (χ0n) is 6.85. The molecule has 0 saturated carbocycles. The number of hydrogen-bond acceptors (Lipinski definition) is 1. The third kappa shape index (κ3) is 1.28. The topological polar surface area (TPSA) is 24.1 Å². The van der Waals surface area contributed by atoms with Crippen molar-refractivity contribution in [3.05, 3.63) is 29.3 Å². The van der Waals surface area contributed by atoms with Gasteiger partial charge in [-0.05, 0) is 36.3 Å². The molecule has 1 aliphatic heterocycles. The monoisotopic (exact) mass is 178 g/mol. The quantitative estimate of drug-likeness (QED) is 0.592. The van der Waals surface area contributed by atoms with Crippen molar-refractivity contribution in [2.45, 2.75) is 13.5 Å². The summed E-state index contributed by atoms with van der Waals surface area (Å²) in [5.41, 5.74) is 3.67. The van der Waals surface area contributed by atoms with Crippen molar-refractivity contribution >= 4 is 23.0 Å². The highest BCUT2D eigenvalue weighted by Crippen LogP contribution is 2.19. The fourth-order valence-electron chi connectivity index (χ4n) is 1.30. The van der Waals surface area contributed by atoms with Crippen molar-refractivity contribution in [1.82, 2.24) is 5.32 Å². The maximum atomic E-state index is 5.00. The SMILES string of the molecule is Cc1ccc2c(c1)NC(=S)NC2. The second-order valence-corrected chi connectivity index (χ2v) is 3.38. The van der Waals surface area contributed by atoms with Gasteiger partial charge in [0.15, 0.2) is 5.11 Å². The van der Waals surface area contributed by atoms with E-state index in [1.54, 1.807) is 0 Å². The fraction of sp³-hybridized carbons (Fsp3) is 0.222. The third-order valence-electron chi connectivity index (χ3n) is 1.95. The van der Waals surface area contributed by atoms with Crippen LogP contribution in [0.2, 0.25) is 0 Å². The van der Waals surface area contributed by atoms with Gasteiger partial charge in [-0.3, -0.25) is 0 Å². The van der Waals surface area contributed by atoms with Crippen LogP contribution in [0, 0.1) is 6.92 Å². The molecule has 2 nitrogen and oxygen atoms in total. The van der Waals surface area contributed by atoms with Crippen LogP contribution in [0.25, 0.3) is 0 Å². The molecule has 0 radical (unpaired) electrons. The van der Waals surface area contributed by atoms with Gasteiger partial charge in [0.1, 0.15) is 0 Å². The molecule has 0 bridgehead atoms. The summed E-state index contributed by atoms with van der Waals surface area (Å²) in [4.78, 5) is 0. The first-order valence-electron chi connectivity index (χ1n) is 3.90. The van der Waals surface area contributed by atoms with E-state index in [2.05, 4.69) is 35.8 Å². The van der Waals surface area contributed by atoms with E-state index in [-0.39, 0.29) is 0 Å². The summed E-state index contributed by atoms with van der Waals surface area (Å²) in [6, 6.07) is 6.34. The number of aryl methyl sites for hydroxylation is 1. The smallest absolute Gasteiger partial charge is 0.171 e. The highest BCUT2D eigenvalue weighted by atomic mass is 32.1. The lowest BCUT2D eigenvalue weighted by Crippen LogP contribution is -2.33. The van der Waals surface area contributed by atoms with Crippen LogP contribution in [0.15, 0.2) is 18.2 Å². The van der Waals surface area contributed by atoms with Gasteiger partial charge in [-0.15, -0.1) is 0 Å². The van der Waals surface area contributed by atoms with Gasteiger partial charge >= 0.3 is 0 Å². The Morgan fingerprint density at radius 2 is 2.25 bits per heavy atom. The molecule has 0 saturated heterocycles. The molecule has 3 heteroatoms. The summed E-state index contributed by atoms with van der Waals surface area (Å²) in [7, 11) is 0. The normalized spacial score (nSPS) is 14.6. The minimum atomic E-state index is 0.716. The summed E-state index contributed by atoms with van der Waals surface area (Å²) >= 11 is 5.00. The van der Waals surface area contributed by atoms with E-state index in [0.717, 1.165) is 12.2 Å². The average Bonchev–Trinajstić information content (AvgIpc) is 2.03. The van der Waals surface area contributed by atoms with Crippen molar-refractivity contribution in [1.29, 1.82) is 0 Å². The van der Waals surface area contributed by atoms with Gasteiger partial charge in [0.2, 0.25) is 0 Å². The number of thiocarbonyl (C=S) groups is 1. The number of rotatable bonds is 0. The molecule has 0 aromatic heterocycles. The first-order valence-corrected chi connectivity index (χ1v) is 4.31. The minimum absolute atomic E-state index is 0.716. The van der Waals surface area contributed by atoms with Gasteiger partial charge < -0.3 is 10.6 Å². The summed E-state index contributed by atoms with van der Waals surface area (Å²) in [5, 5.41) is 6.91. The van der Waals surface area contributed by atoms with Crippen molar-refractivity contribution < 1.29 is 0 Å². The van der Waals surface area contributed by atoms with Gasteiger partial charge in [-0.1, -0.05) is 12.1 Å². The highest BCUT2D eigenvalue weighted by molar-refractivity contribution is 7.80. The number of anilines is 1. The van der Waals surface area contributed by atoms with Crippen LogP contribution in [0.4, 0.5) is 5.69 Å². The molecule has 62 valence electrons. The van der Waals surface area contributed by atoms with Crippen LogP contribution in [-0.2, 0) is 6.54 Å². The zero-order chi connectivity index (χ0) is 8.55. The Morgan fingerprint density at radius 1 is 1.42 bits per heavy atom. The van der Waals surface area contributed by atoms with E-state index >= 15 is 0 Å². The maximum absolute atomic E-state index is 5.00. The Balaban J connectivity index is 2.44. The molecule has 0 spiro atoms. The molecule has 0 unspecified atom stereocenters. The van der Waals surface area contributed by atoms with Gasteiger partial charge in [-0.2, -0.15) is 0 Å². The predicted octanol–water partition coefficient (Wildman–Crippen LogP) is 1.80. The van der Waals surface area contributed by atoms with Crippen molar-refractivity contribution in [3.8, 4) is 0 Å². The van der Waals surface area contributed by atoms with Crippen LogP contribution < -0.4 is 10.6 Å².